The van der Waals surface area contributed by atoms with E-state index >= 15 is 4.57 Å². The van der Waals surface area contributed by atoms with Gasteiger partial charge in [0.25, 0.3) is 0 Å². The SMILES string of the molecule is COc1cc2c3c(c1)Oc1c(OC)cc4c5c1P3(=O)c1c(ccc(OC)c1O2)N5c1ccc(OC)cc1C4(C)C. The Bertz CT molecular complexity index is 1860. The van der Waals surface area contributed by atoms with Crippen LogP contribution in [0.4, 0.5) is 17.1 Å². The molecule has 4 aromatic rings. The van der Waals surface area contributed by atoms with Gasteiger partial charge in [-0.3, -0.25) is 0 Å². The van der Waals surface area contributed by atoms with Gasteiger partial charge >= 0.3 is 0 Å². The van der Waals surface area contributed by atoms with Crippen molar-refractivity contribution in [1.82, 2.24) is 0 Å². The Morgan fingerprint density at radius 1 is 0.675 bits per heavy atom. The number of ether oxygens (including phenoxy) is 6. The molecule has 0 N–H and O–H groups in total. The van der Waals surface area contributed by atoms with Crippen molar-refractivity contribution in [1.29, 1.82) is 0 Å². The highest BCUT2D eigenvalue weighted by Gasteiger charge is 2.57. The number of fused-ring (bicyclic) bond motifs is 3. The molecule has 4 aliphatic heterocycles. The molecule has 9 heteroatoms. The summed E-state index contributed by atoms with van der Waals surface area (Å²) in [7, 11) is 2.88. The summed E-state index contributed by atoms with van der Waals surface area (Å²) in [5.74, 6) is 4.02. The monoisotopic (exact) mass is 555 g/mol. The summed E-state index contributed by atoms with van der Waals surface area (Å²) in [6, 6.07) is 15.4. The van der Waals surface area contributed by atoms with E-state index in [2.05, 4.69) is 30.9 Å². The number of nitrogens with zero attached hydrogens (tertiary/aromatic N) is 1. The quantitative estimate of drug-likeness (QED) is 0.245. The van der Waals surface area contributed by atoms with Gasteiger partial charge in [0.15, 0.2) is 30.1 Å². The first-order chi connectivity index (χ1) is 19.3. The molecule has 40 heavy (non-hydrogen) atoms. The van der Waals surface area contributed by atoms with Crippen molar-refractivity contribution in [3.05, 3.63) is 59.7 Å². The lowest BCUT2D eigenvalue weighted by molar-refractivity contribution is 0.367. The van der Waals surface area contributed by atoms with Crippen LogP contribution in [0.15, 0.2) is 48.5 Å². The van der Waals surface area contributed by atoms with Crippen molar-refractivity contribution < 1.29 is 33.0 Å². The number of rotatable bonds is 4. The van der Waals surface area contributed by atoms with E-state index < -0.39 is 12.6 Å². The first-order valence-corrected chi connectivity index (χ1v) is 14.6. The van der Waals surface area contributed by atoms with Crippen LogP contribution >= 0.6 is 7.14 Å². The van der Waals surface area contributed by atoms with E-state index in [-0.39, 0.29) is 0 Å². The van der Waals surface area contributed by atoms with E-state index in [4.69, 9.17) is 28.4 Å². The summed E-state index contributed by atoms with van der Waals surface area (Å²) in [5.41, 5.74) is 4.17. The molecule has 0 aromatic heterocycles. The molecule has 1 unspecified atom stereocenters. The molecule has 0 bridgehead atoms. The lowest BCUT2D eigenvalue weighted by atomic mass is 9.73. The fourth-order valence-corrected chi connectivity index (χ4v) is 10.1. The van der Waals surface area contributed by atoms with E-state index in [9.17, 15) is 0 Å². The topological polar surface area (TPSA) is 75.7 Å². The van der Waals surface area contributed by atoms with E-state index in [0.717, 1.165) is 33.9 Å². The minimum absolute atomic E-state index is 0.427. The molecular formula is C31H26NO7P. The van der Waals surface area contributed by atoms with Crippen LogP contribution in [0.1, 0.15) is 25.0 Å². The third kappa shape index (κ3) is 2.52. The molecule has 0 fully saturated rings. The first-order valence-electron chi connectivity index (χ1n) is 12.9. The van der Waals surface area contributed by atoms with E-state index in [1.165, 1.54) is 0 Å². The summed E-state index contributed by atoms with van der Waals surface area (Å²) in [6.45, 7) is 4.34. The molecule has 202 valence electrons. The van der Waals surface area contributed by atoms with E-state index in [0.29, 0.717) is 56.2 Å². The van der Waals surface area contributed by atoms with Crippen LogP contribution < -0.4 is 49.2 Å². The van der Waals surface area contributed by atoms with Gasteiger partial charge in [-0.15, -0.1) is 0 Å². The lowest BCUT2D eigenvalue weighted by Gasteiger charge is -2.49. The molecule has 4 aliphatic rings. The van der Waals surface area contributed by atoms with Crippen LogP contribution in [0.2, 0.25) is 0 Å². The second-order valence-corrected chi connectivity index (χ2v) is 13.3. The Morgan fingerprint density at radius 2 is 1.32 bits per heavy atom. The minimum atomic E-state index is -3.55. The fourth-order valence-electron chi connectivity index (χ4n) is 6.70. The van der Waals surface area contributed by atoms with Crippen molar-refractivity contribution in [2.24, 2.45) is 0 Å². The summed E-state index contributed by atoms with van der Waals surface area (Å²) in [4.78, 5) is 2.17. The molecule has 0 spiro atoms. The zero-order chi connectivity index (χ0) is 27.7. The number of anilines is 3. The van der Waals surface area contributed by atoms with E-state index in [1.807, 2.05) is 24.3 Å². The maximum atomic E-state index is 16.0. The van der Waals surface area contributed by atoms with Crippen LogP contribution in [-0.4, -0.2) is 28.4 Å². The van der Waals surface area contributed by atoms with Crippen LogP contribution in [-0.2, 0) is 9.98 Å². The van der Waals surface area contributed by atoms with Crippen molar-refractivity contribution in [2.75, 3.05) is 33.3 Å². The number of hydrogen-bond donors (Lipinski definition) is 0. The average molecular weight is 556 g/mol. The van der Waals surface area contributed by atoms with Gasteiger partial charge in [-0.2, -0.15) is 0 Å². The average Bonchev–Trinajstić information content (AvgIpc) is 2.96. The third-order valence-corrected chi connectivity index (χ3v) is 11.8. The molecule has 0 saturated heterocycles. The van der Waals surface area contributed by atoms with Crippen molar-refractivity contribution >= 4 is 40.1 Å². The van der Waals surface area contributed by atoms with Gasteiger partial charge in [-0.05, 0) is 47.5 Å². The van der Waals surface area contributed by atoms with Gasteiger partial charge in [-0.25, -0.2) is 0 Å². The zero-order valence-electron chi connectivity index (χ0n) is 22.9. The van der Waals surface area contributed by atoms with E-state index in [1.54, 1.807) is 40.6 Å². The normalized spacial score (nSPS) is 19.0. The van der Waals surface area contributed by atoms with Gasteiger partial charge in [0.2, 0.25) is 0 Å². The predicted octanol–water partition coefficient (Wildman–Crippen LogP) is 5.99. The Kier molecular flexibility index (Phi) is 4.40. The molecule has 0 aliphatic carbocycles. The Morgan fingerprint density at radius 3 is 1.98 bits per heavy atom. The third-order valence-electron chi connectivity index (χ3n) is 8.58. The highest BCUT2D eigenvalue weighted by Crippen LogP contribution is 2.70. The molecule has 0 saturated carbocycles. The second kappa shape index (κ2) is 7.46. The van der Waals surface area contributed by atoms with Crippen molar-refractivity contribution in [2.45, 2.75) is 19.3 Å². The van der Waals surface area contributed by atoms with Crippen LogP contribution in [0.5, 0.6) is 46.0 Å². The molecule has 4 heterocycles. The number of methoxy groups -OCH3 is 4. The van der Waals surface area contributed by atoms with Gasteiger partial charge in [0.05, 0.1) is 56.1 Å². The van der Waals surface area contributed by atoms with Crippen LogP contribution in [0.25, 0.3) is 0 Å². The summed E-state index contributed by atoms with van der Waals surface area (Å²) < 4.78 is 52.0. The lowest BCUT2D eigenvalue weighted by Crippen LogP contribution is -2.46. The fraction of sp³-hybridized carbons (Fsp3) is 0.226. The van der Waals surface area contributed by atoms with Crippen LogP contribution in [0.3, 0.4) is 0 Å². The Hall–Kier alpha value is -4.29. The summed E-state index contributed by atoms with van der Waals surface area (Å²) in [5, 5.41) is 1.72. The smallest absolute Gasteiger partial charge is 0.190 e. The van der Waals surface area contributed by atoms with Gasteiger partial charge < -0.3 is 37.9 Å². The molecule has 8 nitrogen and oxygen atoms in total. The minimum Gasteiger partial charge on any atom is -0.497 e. The van der Waals surface area contributed by atoms with Crippen molar-refractivity contribution in [3.63, 3.8) is 0 Å². The largest absolute Gasteiger partial charge is 0.497 e. The number of benzene rings is 4. The maximum absolute atomic E-state index is 16.0. The van der Waals surface area contributed by atoms with Gasteiger partial charge in [0, 0.05) is 17.5 Å². The summed E-state index contributed by atoms with van der Waals surface area (Å²) in [6.07, 6.45) is 0. The molecule has 8 rings (SSSR count). The Balaban J connectivity index is 1.59. The highest BCUT2D eigenvalue weighted by atomic mass is 31.2. The highest BCUT2D eigenvalue weighted by molar-refractivity contribution is 7.87. The second-order valence-electron chi connectivity index (χ2n) is 10.7. The molecular weight excluding hydrogens is 529 g/mol. The predicted molar refractivity (Wildman–Crippen MR) is 153 cm³/mol. The maximum Gasteiger partial charge on any atom is 0.190 e. The van der Waals surface area contributed by atoms with Crippen molar-refractivity contribution in [3.8, 4) is 46.0 Å². The standard InChI is InChI=1S/C31H26NO7P/c1-31(2)17-11-15(34-3)7-8-19(17)32-20-9-10-21(36-5)26-28(20)40(33)29-23(38-26)12-16(35-4)13-24(29)39-27-22(37-6)14-18(31)25(32)30(27)40/h7-14H,1-6H3. The molecule has 1 atom stereocenters. The van der Waals surface area contributed by atoms with Gasteiger partial charge in [-0.1, -0.05) is 13.8 Å². The molecule has 0 radical (unpaired) electrons. The summed E-state index contributed by atoms with van der Waals surface area (Å²) >= 11 is 0. The Labute approximate surface area is 231 Å². The van der Waals surface area contributed by atoms with Crippen LogP contribution in [0, 0.1) is 0 Å². The first kappa shape index (κ1) is 23.6. The zero-order valence-corrected chi connectivity index (χ0v) is 23.8. The molecule has 4 aromatic carbocycles. The molecule has 0 amide bonds. The number of hydrogen-bond acceptors (Lipinski definition) is 8. The van der Waals surface area contributed by atoms with Gasteiger partial charge in [0.1, 0.15) is 28.3 Å².